The number of amides is 1. The van der Waals surface area contributed by atoms with Gasteiger partial charge in [-0.25, -0.2) is 4.39 Å². The van der Waals surface area contributed by atoms with Crippen molar-refractivity contribution in [3.05, 3.63) is 35.3 Å². The van der Waals surface area contributed by atoms with Gasteiger partial charge in [0.15, 0.2) is 0 Å². The van der Waals surface area contributed by atoms with Crippen molar-refractivity contribution >= 4 is 16.8 Å². The Morgan fingerprint density at radius 1 is 1.44 bits per heavy atom. The fourth-order valence-corrected chi connectivity index (χ4v) is 2.06. The SMILES string of the molecule is CCCCNC(=O)c1c(C)[nH]c2cc(F)ccc12. The van der Waals surface area contributed by atoms with E-state index in [-0.39, 0.29) is 11.7 Å². The molecule has 96 valence electrons. The molecule has 0 aliphatic heterocycles. The van der Waals surface area contributed by atoms with Crippen LogP contribution in [0.25, 0.3) is 10.9 Å². The number of hydrogen-bond donors (Lipinski definition) is 2. The molecule has 1 heterocycles. The number of halogens is 1. The molecule has 0 atom stereocenters. The van der Waals surface area contributed by atoms with Crippen LogP contribution < -0.4 is 5.32 Å². The van der Waals surface area contributed by atoms with Gasteiger partial charge in [-0.2, -0.15) is 0 Å². The summed E-state index contributed by atoms with van der Waals surface area (Å²) in [7, 11) is 0. The van der Waals surface area contributed by atoms with E-state index in [4.69, 9.17) is 0 Å². The van der Waals surface area contributed by atoms with Crippen LogP contribution >= 0.6 is 0 Å². The second-order valence-electron chi connectivity index (χ2n) is 4.42. The van der Waals surface area contributed by atoms with Crippen molar-refractivity contribution in [2.24, 2.45) is 0 Å². The third-order valence-corrected chi connectivity index (χ3v) is 2.99. The van der Waals surface area contributed by atoms with Gasteiger partial charge in [-0.1, -0.05) is 13.3 Å². The maximum absolute atomic E-state index is 13.1. The van der Waals surface area contributed by atoms with Gasteiger partial charge >= 0.3 is 0 Å². The van der Waals surface area contributed by atoms with Crippen LogP contribution in [0.15, 0.2) is 18.2 Å². The molecule has 0 radical (unpaired) electrons. The Labute approximate surface area is 105 Å². The Kier molecular flexibility index (Phi) is 3.65. The lowest BCUT2D eigenvalue weighted by Crippen LogP contribution is -2.24. The smallest absolute Gasteiger partial charge is 0.253 e. The lowest BCUT2D eigenvalue weighted by Gasteiger charge is -2.04. The molecule has 2 N–H and O–H groups in total. The molecule has 0 saturated carbocycles. The molecule has 1 amide bonds. The Balaban J connectivity index is 2.32. The van der Waals surface area contributed by atoms with Crippen LogP contribution in [-0.4, -0.2) is 17.4 Å². The highest BCUT2D eigenvalue weighted by Crippen LogP contribution is 2.22. The first-order valence-electron chi connectivity index (χ1n) is 6.19. The number of carbonyl (C=O) groups excluding carboxylic acids is 1. The number of nitrogens with one attached hydrogen (secondary N) is 2. The number of fused-ring (bicyclic) bond motifs is 1. The van der Waals surface area contributed by atoms with Gasteiger partial charge in [-0.05, 0) is 31.5 Å². The van der Waals surface area contributed by atoms with Gasteiger partial charge in [0.1, 0.15) is 5.82 Å². The largest absolute Gasteiger partial charge is 0.358 e. The third-order valence-electron chi connectivity index (χ3n) is 2.99. The predicted molar refractivity (Wildman–Crippen MR) is 70.2 cm³/mol. The van der Waals surface area contributed by atoms with Crippen molar-refractivity contribution in [1.29, 1.82) is 0 Å². The standard InChI is InChI=1S/C14H17FN2O/c1-3-4-7-16-14(18)13-9(2)17-12-8-10(15)5-6-11(12)13/h5-6,8,17H,3-4,7H2,1-2H3,(H,16,18). The zero-order chi connectivity index (χ0) is 13.1. The molecule has 2 aromatic rings. The van der Waals surface area contributed by atoms with E-state index in [0.717, 1.165) is 23.9 Å². The molecular weight excluding hydrogens is 231 g/mol. The minimum absolute atomic E-state index is 0.0983. The molecule has 18 heavy (non-hydrogen) atoms. The molecule has 0 bridgehead atoms. The average Bonchev–Trinajstić information content (AvgIpc) is 2.64. The average molecular weight is 248 g/mol. The lowest BCUT2D eigenvalue weighted by atomic mass is 10.1. The molecule has 0 aliphatic rings. The number of hydrogen-bond acceptors (Lipinski definition) is 1. The quantitative estimate of drug-likeness (QED) is 0.802. The van der Waals surface area contributed by atoms with E-state index in [1.165, 1.54) is 12.1 Å². The van der Waals surface area contributed by atoms with Crippen LogP contribution in [0.4, 0.5) is 4.39 Å². The summed E-state index contributed by atoms with van der Waals surface area (Å²) in [5.74, 6) is -0.402. The Morgan fingerprint density at radius 3 is 2.94 bits per heavy atom. The first-order valence-corrected chi connectivity index (χ1v) is 6.19. The fourth-order valence-electron chi connectivity index (χ4n) is 2.06. The zero-order valence-electron chi connectivity index (χ0n) is 10.6. The van der Waals surface area contributed by atoms with Gasteiger partial charge in [0.2, 0.25) is 0 Å². The topological polar surface area (TPSA) is 44.9 Å². The second kappa shape index (κ2) is 5.21. The number of unbranched alkanes of at least 4 members (excludes halogenated alkanes) is 1. The first kappa shape index (κ1) is 12.6. The van der Waals surface area contributed by atoms with Crippen molar-refractivity contribution in [1.82, 2.24) is 10.3 Å². The number of aromatic amines is 1. The van der Waals surface area contributed by atoms with Crippen molar-refractivity contribution in [3.8, 4) is 0 Å². The van der Waals surface area contributed by atoms with Crippen LogP contribution in [0.2, 0.25) is 0 Å². The van der Waals surface area contributed by atoms with Crippen LogP contribution in [0.3, 0.4) is 0 Å². The highest BCUT2D eigenvalue weighted by atomic mass is 19.1. The van der Waals surface area contributed by atoms with E-state index in [0.29, 0.717) is 17.6 Å². The van der Waals surface area contributed by atoms with Gasteiger partial charge in [0.05, 0.1) is 5.56 Å². The normalized spacial score (nSPS) is 10.8. The van der Waals surface area contributed by atoms with E-state index in [9.17, 15) is 9.18 Å². The number of rotatable bonds is 4. The monoisotopic (exact) mass is 248 g/mol. The van der Waals surface area contributed by atoms with Crippen LogP contribution in [0.5, 0.6) is 0 Å². The molecule has 1 aromatic carbocycles. The summed E-state index contributed by atoms with van der Waals surface area (Å²) >= 11 is 0. The minimum Gasteiger partial charge on any atom is -0.358 e. The summed E-state index contributed by atoms with van der Waals surface area (Å²) in [5, 5.41) is 3.65. The number of aryl methyl sites for hydroxylation is 1. The van der Waals surface area contributed by atoms with Gasteiger partial charge < -0.3 is 10.3 Å². The zero-order valence-corrected chi connectivity index (χ0v) is 10.6. The van der Waals surface area contributed by atoms with Crippen molar-refractivity contribution in [3.63, 3.8) is 0 Å². The Hall–Kier alpha value is -1.84. The van der Waals surface area contributed by atoms with Gasteiger partial charge in [0, 0.05) is 23.1 Å². The maximum Gasteiger partial charge on any atom is 0.253 e. The summed E-state index contributed by atoms with van der Waals surface area (Å²) in [4.78, 5) is 15.1. The molecule has 0 saturated heterocycles. The first-order chi connectivity index (χ1) is 8.63. The molecule has 3 nitrogen and oxygen atoms in total. The molecule has 1 aromatic heterocycles. The molecule has 0 spiro atoms. The van der Waals surface area contributed by atoms with Crippen molar-refractivity contribution < 1.29 is 9.18 Å². The number of aromatic nitrogens is 1. The van der Waals surface area contributed by atoms with Crippen molar-refractivity contribution in [2.75, 3.05) is 6.54 Å². The second-order valence-corrected chi connectivity index (χ2v) is 4.42. The minimum atomic E-state index is -0.304. The lowest BCUT2D eigenvalue weighted by molar-refractivity contribution is 0.0954. The summed E-state index contributed by atoms with van der Waals surface area (Å²) in [6, 6.07) is 4.42. The molecular formula is C14H17FN2O. The van der Waals surface area contributed by atoms with Crippen LogP contribution in [-0.2, 0) is 0 Å². The predicted octanol–water partition coefficient (Wildman–Crippen LogP) is 3.15. The fraction of sp³-hybridized carbons (Fsp3) is 0.357. The number of benzene rings is 1. The van der Waals surface area contributed by atoms with Crippen LogP contribution in [0.1, 0.15) is 35.8 Å². The Morgan fingerprint density at radius 2 is 2.22 bits per heavy atom. The number of H-pyrrole nitrogens is 1. The highest BCUT2D eigenvalue weighted by Gasteiger charge is 2.15. The molecule has 0 unspecified atom stereocenters. The van der Waals surface area contributed by atoms with E-state index in [1.807, 2.05) is 6.92 Å². The van der Waals surface area contributed by atoms with Gasteiger partial charge in [0.25, 0.3) is 5.91 Å². The summed E-state index contributed by atoms with van der Waals surface area (Å²) in [5.41, 5.74) is 2.04. The molecule has 0 aliphatic carbocycles. The third kappa shape index (κ3) is 2.37. The van der Waals surface area contributed by atoms with E-state index < -0.39 is 0 Å². The highest BCUT2D eigenvalue weighted by molar-refractivity contribution is 6.08. The molecule has 0 fully saturated rings. The van der Waals surface area contributed by atoms with Gasteiger partial charge in [-0.15, -0.1) is 0 Å². The molecule has 4 heteroatoms. The summed E-state index contributed by atoms with van der Waals surface area (Å²) in [6.07, 6.45) is 2.00. The number of carbonyl (C=O) groups is 1. The Bertz CT molecular complexity index is 574. The molecule has 2 rings (SSSR count). The van der Waals surface area contributed by atoms with Crippen molar-refractivity contribution in [2.45, 2.75) is 26.7 Å². The maximum atomic E-state index is 13.1. The van der Waals surface area contributed by atoms with Crippen LogP contribution in [0, 0.1) is 12.7 Å². The van der Waals surface area contributed by atoms with E-state index in [2.05, 4.69) is 17.2 Å². The van der Waals surface area contributed by atoms with E-state index >= 15 is 0 Å². The summed E-state index contributed by atoms with van der Waals surface area (Å²) < 4.78 is 13.1. The van der Waals surface area contributed by atoms with E-state index in [1.54, 1.807) is 6.07 Å². The van der Waals surface area contributed by atoms with Gasteiger partial charge in [-0.3, -0.25) is 4.79 Å². The summed E-state index contributed by atoms with van der Waals surface area (Å²) in [6.45, 7) is 4.57.